The molecule has 0 saturated carbocycles. The Balaban J connectivity index is 2.19. The predicted molar refractivity (Wildman–Crippen MR) is 148 cm³/mol. The predicted octanol–water partition coefficient (Wildman–Crippen LogP) is 4.14. The number of nitrogens with zero attached hydrogens (tertiary/aromatic N) is 2. The maximum absolute atomic E-state index is 13.5. The van der Waals surface area contributed by atoms with Gasteiger partial charge < -0.3 is 15.0 Å². The Labute approximate surface area is 222 Å². The van der Waals surface area contributed by atoms with Crippen LogP contribution in [0, 0.1) is 0 Å². The number of ether oxygens (including phenoxy) is 1. The minimum Gasteiger partial charge on any atom is -0.497 e. The van der Waals surface area contributed by atoms with Gasteiger partial charge in [0.05, 0.1) is 19.1 Å². The molecule has 2 aromatic carbocycles. The molecule has 2 rings (SSSR count). The fourth-order valence-corrected chi connectivity index (χ4v) is 5.08. The fourth-order valence-electron chi connectivity index (χ4n) is 4.11. The first kappa shape index (κ1) is 30.2. The Hall–Kier alpha value is -3.07. The van der Waals surface area contributed by atoms with E-state index in [1.165, 1.54) is 10.6 Å². The Morgan fingerprint density at radius 1 is 0.973 bits per heavy atom. The summed E-state index contributed by atoms with van der Waals surface area (Å²) >= 11 is 0. The van der Waals surface area contributed by atoms with Gasteiger partial charge >= 0.3 is 0 Å². The van der Waals surface area contributed by atoms with Gasteiger partial charge in [-0.1, -0.05) is 45.0 Å². The molecule has 0 heterocycles. The molecule has 0 unspecified atom stereocenters. The molecule has 0 bridgehead atoms. The lowest BCUT2D eigenvalue weighted by Gasteiger charge is -2.31. The summed E-state index contributed by atoms with van der Waals surface area (Å²) in [7, 11) is -1.93. The van der Waals surface area contributed by atoms with Crippen molar-refractivity contribution in [3.05, 3.63) is 59.7 Å². The molecule has 0 aromatic heterocycles. The highest BCUT2D eigenvalue weighted by molar-refractivity contribution is 7.92. The van der Waals surface area contributed by atoms with Gasteiger partial charge in [-0.15, -0.1) is 0 Å². The second-order valence-electron chi connectivity index (χ2n) is 9.04. The number of benzene rings is 2. The van der Waals surface area contributed by atoms with E-state index >= 15 is 0 Å². The highest BCUT2D eigenvalue weighted by Crippen LogP contribution is 2.21. The summed E-state index contributed by atoms with van der Waals surface area (Å²) < 4.78 is 31.6. The van der Waals surface area contributed by atoms with E-state index in [4.69, 9.17) is 4.74 Å². The molecule has 0 aliphatic rings. The fraction of sp³-hybridized carbons (Fsp3) is 0.500. The van der Waals surface area contributed by atoms with Crippen LogP contribution >= 0.6 is 0 Å². The van der Waals surface area contributed by atoms with E-state index in [0.29, 0.717) is 30.8 Å². The van der Waals surface area contributed by atoms with Gasteiger partial charge in [0.15, 0.2) is 0 Å². The van der Waals surface area contributed by atoms with Gasteiger partial charge in [-0.3, -0.25) is 13.9 Å². The van der Waals surface area contributed by atoms with Crippen molar-refractivity contribution in [1.29, 1.82) is 0 Å². The average molecular weight is 532 g/mol. The van der Waals surface area contributed by atoms with E-state index in [0.717, 1.165) is 24.0 Å². The zero-order valence-corrected chi connectivity index (χ0v) is 23.5. The van der Waals surface area contributed by atoms with Crippen LogP contribution in [-0.4, -0.2) is 57.6 Å². The lowest BCUT2D eigenvalue weighted by molar-refractivity contribution is -0.141. The third-order valence-electron chi connectivity index (χ3n) is 6.23. The summed E-state index contributed by atoms with van der Waals surface area (Å²) in [4.78, 5) is 28.0. The molecule has 0 fully saturated rings. The number of sulfonamides is 1. The second kappa shape index (κ2) is 14.6. The number of methoxy groups -OCH3 is 1. The Morgan fingerprint density at radius 2 is 1.59 bits per heavy atom. The van der Waals surface area contributed by atoms with Crippen molar-refractivity contribution in [2.24, 2.45) is 0 Å². The number of nitrogens with one attached hydrogen (secondary N) is 1. The Bertz CT molecular complexity index is 1100. The van der Waals surface area contributed by atoms with Gasteiger partial charge in [0.25, 0.3) is 0 Å². The first-order chi connectivity index (χ1) is 17.6. The van der Waals surface area contributed by atoms with Crippen LogP contribution in [0.1, 0.15) is 57.6 Å². The molecule has 1 N–H and O–H groups in total. The molecular weight excluding hydrogens is 490 g/mol. The van der Waals surface area contributed by atoms with Crippen molar-refractivity contribution in [2.75, 3.05) is 30.8 Å². The topological polar surface area (TPSA) is 96.0 Å². The molecule has 2 amide bonds. The minimum atomic E-state index is -3.52. The number of aryl methyl sites for hydroxylation is 1. The van der Waals surface area contributed by atoms with Gasteiger partial charge in [0.1, 0.15) is 11.8 Å². The molecule has 1 atom stereocenters. The first-order valence-electron chi connectivity index (χ1n) is 12.9. The standard InChI is InChI=1S/C28H41N3O5S/c1-6-19-29-28(33)26(8-3)30(21-23-13-17-25(36-4)18-14-23)27(32)10-9-20-31(37(5,34)35)24-15-11-22(7-2)12-16-24/h11-18,26H,6-10,19-21H2,1-5H3,(H,29,33)/t26-/m0/s1. The largest absolute Gasteiger partial charge is 0.497 e. The van der Waals surface area contributed by atoms with Crippen molar-refractivity contribution < 1.29 is 22.7 Å². The average Bonchev–Trinajstić information content (AvgIpc) is 2.89. The number of hydrogen-bond donors (Lipinski definition) is 1. The summed E-state index contributed by atoms with van der Waals surface area (Å²) in [5, 5.41) is 2.91. The number of carbonyl (C=O) groups excluding carboxylic acids is 2. The van der Waals surface area contributed by atoms with Crippen LogP contribution in [0.25, 0.3) is 0 Å². The number of amides is 2. The van der Waals surface area contributed by atoms with E-state index in [9.17, 15) is 18.0 Å². The Kier molecular flexibility index (Phi) is 11.9. The van der Waals surface area contributed by atoms with Gasteiger partial charge in [-0.2, -0.15) is 0 Å². The van der Waals surface area contributed by atoms with Crippen LogP contribution in [0.15, 0.2) is 48.5 Å². The molecule has 0 aliphatic carbocycles. The smallest absolute Gasteiger partial charge is 0.242 e. The molecule has 37 heavy (non-hydrogen) atoms. The molecule has 0 aliphatic heterocycles. The molecule has 0 saturated heterocycles. The number of rotatable bonds is 15. The molecule has 0 radical (unpaired) electrons. The van der Waals surface area contributed by atoms with Crippen LogP contribution in [0.5, 0.6) is 5.75 Å². The molecule has 9 heteroatoms. The minimum absolute atomic E-state index is 0.118. The molecule has 204 valence electrons. The maximum Gasteiger partial charge on any atom is 0.242 e. The van der Waals surface area contributed by atoms with Crippen molar-refractivity contribution in [3.63, 3.8) is 0 Å². The lowest BCUT2D eigenvalue weighted by Crippen LogP contribution is -2.49. The maximum atomic E-state index is 13.5. The van der Waals surface area contributed by atoms with E-state index in [2.05, 4.69) is 5.32 Å². The van der Waals surface area contributed by atoms with Gasteiger partial charge in [-0.25, -0.2) is 8.42 Å². The van der Waals surface area contributed by atoms with E-state index < -0.39 is 16.1 Å². The highest BCUT2D eigenvalue weighted by Gasteiger charge is 2.28. The summed E-state index contributed by atoms with van der Waals surface area (Å²) in [5.41, 5.74) is 2.57. The first-order valence-corrected chi connectivity index (χ1v) is 14.8. The van der Waals surface area contributed by atoms with Crippen molar-refractivity contribution in [3.8, 4) is 5.75 Å². The van der Waals surface area contributed by atoms with E-state index in [1.807, 2.05) is 57.2 Å². The van der Waals surface area contributed by atoms with Crippen molar-refractivity contribution in [1.82, 2.24) is 10.2 Å². The highest BCUT2D eigenvalue weighted by atomic mass is 32.2. The summed E-state index contributed by atoms with van der Waals surface area (Å²) in [5.74, 6) is 0.339. The summed E-state index contributed by atoms with van der Waals surface area (Å²) in [6, 6.07) is 14.2. The second-order valence-corrected chi connectivity index (χ2v) is 11.0. The monoisotopic (exact) mass is 531 g/mol. The van der Waals surface area contributed by atoms with Gasteiger partial charge in [-0.05, 0) is 61.1 Å². The van der Waals surface area contributed by atoms with Gasteiger partial charge in [0.2, 0.25) is 21.8 Å². The van der Waals surface area contributed by atoms with Crippen LogP contribution in [0.4, 0.5) is 5.69 Å². The third-order valence-corrected chi connectivity index (χ3v) is 7.43. The number of hydrogen-bond acceptors (Lipinski definition) is 5. The van der Waals surface area contributed by atoms with Crippen molar-refractivity contribution >= 4 is 27.5 Å². The Morgan fingerprint density at radius 3 is 2.11 bits per heavy atom. The molecule has 2 aromatic rings. The zero-order chi connectivity index (χ0) is 27.4. The number of carbonyl (C=O) groups is 2. The summed E-state index contributed by atoms with van der Waals surface area (Å²) in [6.45, 7) is 6.89. The summed E-state index contributed by atoms with van der Waals surface area (Å²) in [6.07, 6.45) is 3.75. The van der Waals surface area contributed by atoms with E-state index in [-0.39, 0.29) is 31.3 Å². The third kappa shape index (κ3) is 9.07. The van der Waals surface area contributed by atoms with Crippen LogP contribution in [0.2, 0.25) is 0 Å². The van der Waals surface area contributed by atoms with Crippen LogP contribution in [0.3, 0.4) is 0 Å². The molecule has 8 nitrogen and oxygen atoms in total. The zero-order valence-electron chi connectivity index (χ0n) is 22.7. The van der Waals surface area contributed by atoms with Gasteiger partial charge in [0, 0.05) is 26.1 Å². The molecule has 0 spiro atoms. The van der Waals surface area contributed by atoms with Crippen molar-refractivity contribution in [2.45, 2.75) is 65.5 Å². The molecular formula is C28H41N3O5S. The quantitative estimate of drug-likeness (QED) is 0.373. The van der Waals surface area contributed by atoms with Crippen LogP contribution < -0.4 is 14.4 Å². The van der Waals surface area contributed by atoms with Crippen LogP contribution in [-0.2, 0) is 32.6 Å². The normalized spacial score (nSPS) is 12.0. The number of anilines is 1. The van der Waals surface area contributed by atoms with E-state index in [1.54, 1.807) is 24.1 Å². The SMILES string of the molecule is CCCNC(=O)[C@H](CC)N(Cc1ccc(OC)cc1)C(=O)CCCN(c1ccc(CC)cc1)S(C)(=O)=O. The lowest BCUT2D eigenvalue weighted by atomic mass is 10.1.